The van der Waals surface area contributed by atoms with Crippen molar-refractivity contribution >= 4 is 17.8 Å². The van der Waals surface area contributed by atoms with Crippen LogP contribution < -0.4 is 14.8 Å². The highest BCUT2D eigenvalue weighted by Crippen LogP contribution is 2.30. The number of nitrogens with one attached hydrogen (secondary N) is 2. The highest BCUT2D eigenvalue weighted by molar-refractivity contribution is 5.99. The number of ether oxygens (including phenoxy) is 4. The van der Waals surface area contributed by atoms with Gasteiger partial charge < -0.3 is 29.2 Å². The Morgan fingerprint density at radius 3 is 2.63 bits per heavy atom. The fraction of sp³-hybridized carbons (Fsp3) is 0.381. The van der Waals surface area contributed by atoms with E-state index in [0.717, 1.165) is 0 Å². The number of fused-ring (bicyclic) bond motifs is 1. The first-order valence-electron chi connectivity index (χ1n) is 9.56. The third kappa shape index (κ3) is 4.56. The first kappa shape index (κ1) is 21.2. The number of hydrogen-bond donors (Lipinski definition) is 2. The molecule has 2 aromatic rings. The lowest BCUT2D eigenvalue weighted by molar-refractivity contribution is -0.124. The molecule has 9 heteroatoms. The molecule has 1 unspecified atom stereocenters. The Morgan fingerprint density at radius 2 is 1.93 bits per heavy atom. The normalized spacial score (nSPS) is 14.7. The van der Waals surface area contributed by atoms with E-state index in [2.05, 4.69) is 10.3 Å². The van der Waals surface area contributed by atoms with Crippen molar-refractivity contribution in [1.82, 2.24) is 10.3 Å². The van der Waals surface area contributed by atoms with Crippen molar-refractivity contribution in [2.45, 2.75) is 26.4 Å². The number of benzene rings is 1. The van der Waals surface area contributed by atoms with Gasteiger partial charge >= 0.3 is 11.9 Å². The van der Waals surface area contributed by atoms with Gasteiger partial charge in [-0.1, -0.05) is 19.1 Å². The number of hydrogen-bond acceptors (Lipinski definition) is 7. The van der Waals surface area contributed by atoms with E-state index in [4.69, 9.17) is 18.9 Å². The number of H-pyrrole nitrogens is 1. The largest absolute Gasteiger partial charge is 0.486 e. The molecule has 2 heterocycles. The van der Waals surface area contributed by atoms with Crippen molar-refractivity contribution in [2.75, 3.05) is 26.9 Å². The lowest BCUT2D eigenvalue weighted by Crippen LogP contribution is -2.42. The van der Waals surface area contributed by atoms with Crippen LogP contribution in [0.25, 0.3) is 0 Å². The van der Waals surface area contributed by atoms with Gasteiger partial charge in [0, 0.05) is 5.69 Å². The number of esters is 2. The number of para-hydroxylation sites is 2. The fourth-order valence-electron chi connectivity index (χ4n) is 3.15. The molecule has 0 spiro atoms. The molecule has 2 N–H and O–H groups in total. The molecule has 3 rings (SSSR count). The SMILES string of the molecule is CCc1[nH]c(C(=O)OCC(=O)NCC2COc3ccccc3O2)c(C)c1C(=O)OC. The Labute approximate surface area is 173 Å². The molecule has 1 amide bonds. The molecular weight excluding hydrogens is 392 g/mol. The summed E-state index contributed by atoms with van der Waals surface area (Å²) < 4.78 is 21.2. The average molecular weight is 416 g/mol. The molecule has 1 aliphatic rings. The van der Waals surface area contributed by atoms with Crippen molar-refractivity contribution in [3.05, 3.63) is 46.8 Å². The summed E-state index contributed by atoms with van der Waals surface area (Å²) in [5.74, 6) is -0.454. The second kappa shape index (κ2) is 9.34. The quantitative estimate of drug-likeness (QED) is 0.661. The number of aryl methyl sites for hydroxylation is 1. The summed E-state index contributed by atoms with van der Waals surface area (Å²) in [5.41, 5.74) is 1.44. The van der Waals surface area contributed by atoms with E-state index in [1.807, 2.05) is 25.1 Å². The molecule has 1 aliphatic heterocycles. The lowest BCUT2D eigenvalue weighted by Gasteiger charge is -2.26. The molecule has 1 atom stereocenters. The van der Waals surface area contributed by atoms with Crippen LogP contribution in [0.4, 0.5) is 0 Å². The molecule has 1 aromatic heterocycles. The van der Waals surface area contributed by atoms with Gasteiger partial charge in [0.1, 0.15) is 18.4 Å². The van der Waals surface area contributed by atoms with E-state index in [1.165, 1.54) is 7.11 Å². The summed E-state index contributed by atoms with van der Waals surface area (Å²) in [6, 6.07) is 7.28. The predicted molar refractivity (Wildman–Crippen MR) is 106 cm³/mol. The van der Waals surface area contributed by atoms with Crippen LogP contribution in [0.3, 0.4) is 0 Å². The Bertz CT molecular complexity index is 951. The Hall–Kier alpha value is -3.49. The van der Waals surface area contributed by atoms with E-state index >= 15 is 0 Å². The van der Waals surface area contributed by atoms with Crippen LogP contribution in [0, 0.1) is 6.92 Å². The maximum Gasteiger partial charge on any atom is 0.355 e. The number of carbonyl (C=O) groups excluding carboxylic acids is 3. The summed E-state index contributed by atoms with van der Waals surface area (Å²) in [5, 5.41) is 2.65. The number of rotatable bonds is 7. The summed E-state index contributed by atoms with van der Waals surface area (Å²) in [7, 11) is 1.27. The van der Waals surface area contributed by atoms with Crippen LogP contribution in [-0.4, -0.2) is 55.8 Å². The summed E-state index contributed by atoms with van der Waals surface area (Å²) in [4.78, 5) is 39.3. The summed E-state index contributed by atoms with van der Waals surface area (Å²) in [6.07, 6.45) is 0.158. The monoisotopic (exact) mass is 416 g/mol. The highest BCUT2D eigenvalue weighted by atomic mass is 16.6. The van der Waals surface area contributed by atoms with Gasteiger partial charge in [-0.2, -0.15) is 0 Å². The molecule has 160 valence electrons. The average Bonchev–Trinajstić information content (AvgIpc) is 3.11. The number of aromatic amines is 1. The fourth-order valence-corrected chi connectivity index (χ4v) is 3.15. The smallest absolute Gasteiger partial charge is 0.355 e. The van der Waals surface area contributed by atoms with E-state index < -0.39 is 24.5 Å². The molecule has 0 bridgehead atoms. The van der Waals surface area contributed by atoms with Gasteiger partial charge in [-0.3, -0.25) is 4.79 Å². The van der Waals surface area contributed by atoms with Crippen molar-refractivity contribution in [2.24, 2.45) is 0 Å². The van der Waals surface area contributed by atoms with Gasteiger partial charge in [0.05, 0.1) is 19.2 Å². The van der Waals surface area contributed by atoms with Crippen LogP contribution in [-0.2, 0) is 20.7 Å². The first-order valence-corrected chi connectivity index (χ1v) is 9.56. The molecule has 0 fully saturated rings. The van der Waals surface area contributed by atoms with Gasteiger partial charge in [0.25, 0.3) is 5.91 Å². The van der Waals surface area contributed by atoms with Crippen LogP contribution in [0.15, 0.2) is 24.3 Å². The van der Waals surface area contributed by atoms with Crippen LogP contribution in [0.1, 0.15) is 39.0 Å². The number of methoxy groups -OCH3 is 1. The summed E-state index contributed by atoms with van der Waals surface area (Å²) >= 11 is 0. The predicted octanol–water partition coefficient (Wildman–Crippen LogP) is 1.79. The Kier molecular flexibility index (Phi) is 6.61. The zero-order valence-electron chi connectivity index (χ0n) is 17.1. The minimum absolute atomic E-state index is 0.126. The van der Waals surface area contributed by atoms with E-state index in [9.17, 15) is 14.4 Å². The molecular formula is C21H24N2O7. The maximum atomic E-state index is 12.4. The van der Waals surface area contributed by atoms with Crippen molar-refractivity contribution in [3.63, 3.8) is 0 Å². The summed E-state index contributed by atoms with van der Waals surface area (Å²) in [6.45, 7) is 3.51. The van der Waals surface area contributed by atoms with Gasteiger partial charge in [-0.15, -0.1) is 0 Å². The number of amides is 1. The molecule has 1 aromatic carbocycles. The van der Waals surface area contributed by atoms with Gasteiger partial charge in [0.15, 0.2) is 18.1 Å². The lowest BCUT2D eigenvalue weighted by atomic mass is 10.1. The second-order valence-electron chi connectivity index (χ2n) is 6.70. The van der Waals surface area contributed by atoms with Crippen LogP contribution in [0.5, 0.6) is 11.5 Å². The zero-order chi connectivity index (χ0) is 21.7. The van der Waals surface area contributed by atoms with Gasteiger partial charge in [-0.05, 0) is 31.0 Å². The van der Waals surface area contributed by atoms with Crippen molar-refractivity contribution in [3.8, 4) is 11.5 Å². The molecule has 30 heavy (non-hydrogen) atoms. The standard InChI is InChI=1S/C21H24N2O7/c1-4-14-18(20(25)27-3)12(2)19(23-14)21(26)29-11-17(24)22-9-13-10-28-15-7-5-6-8-16(15)30-13/h5-8,13,23H,4,9-11H2,1-3H3,(H,22,24). The second-order valence-corrected chi connectivity index (χ2v) is 6.70. The molecule has 9 nitrogen and oxygen atoms in total. The van der Waals surface area contributed by atoms with E-state index in [-0.39, 0.29) is 18.3 Å². The zero-order valence-corrected chi connectivity index (χ0v) is 17.1. The van der Waals surface area contributed by atoms with Crippen LogP contribution in [0.2, 0.25) is 0 Å². The van der Waals surface area contributed by atoms with Crippen LogP contribution >= 0.6 is 0 Å². The number of aromatic nitrogens is 1. The third-order valence-electron chi connectivity index (χ3n) is 4.70. The number of carbonyl (C=O) groups is 3. The first-order chi connectivity index (χ1) is 14.4. The minimum Gasteiger partial charge on any atom is -0.486 e. The van der Waals surface area contributed by atoms with E-state index in [0.29, 0.717) is 41.3 Å². The minimum atomic E-state index is -0.723. The topological polar surface area (TPSA) is 116 Å². The molecule has 0 aliphatic carbocycles. The highest BCUT2D eigenvalue weighted by Gasteiger charge is 2.25. The van der Waals surface area contributed by atoms with Crippen molar-refractivity contribution < 1.29 is 33.3 Å². The van der Waals surface area contributed by atoms with Gasteiger partial charge in [0.2, 0.25) is 0 Å². The molecule has 0 radical (unpaired) electrons. The Morgan fingerprint density at radius 1 is 1.20 bits per heavy atom. The van der Waals surface area contributed by atoms with Crippen molar-refractivity contribution in [1.29, 1.82) is 0 Å². The Balaban J connectivity index is 1.51. The maximum absolute atomic E-state index is 12.4. The van der Waals surface area contributed by atoms with E-state index in [1.54, 1.807) is 13.0 Å². The van der Waals surface area contributed by atoms with Gasteiger partial charge in [-0.25, -0.2) is 9.59 Å². The molecule has 0 saturated carbocycles. The molecule has 0 saturated heterocycles. The third-order valence-corrected chi connectivity index (χ3v) is 4.70.